The van der Waals surface area contributed by atoms with Crippen molar-refractivity contribution in [2.75, 3.05) is 26.2 Å². The Labute approximate surface area is 188 Å². The molecule has 0 saturated heterocycles. The molecule has 10 heteroatoms. The van der Waals surface area contributed by atoms with Gasteiger partial charge in [0, 0.05) is 37.1 Å². The molecule has 3 N–H and O–H groups in total. The first kappa shape index (κ1) is 24.6. The summed E-state index contributed by atoms with van der Waals surface area (Å²) in [5.41, 5.74) is 1.17. The van der Waals surface area contributed by atoms with E-state index in [1.807, 2.05) is 31.2 Å². The van der Waals surface area contributed by atoms with Crippen molar-refractivity contribution in [3.63, 3.8) is 0 Å². The fourth-order valence-electron chi connectivity index (χ4n) is 2.26. The van der Waals surface area contributed by atoms with E-state index in [9.17, 15) is 8.42 Å². The zero-order chi connectivity index (χ0) is 19.5. The molecule has 0 aliphatic rings. The summed E-state index contributed by atoms with van der Waals surface area (Å²) in [5.74, 6) is 0.645. The van der Waals surface area contributed by atoms with Gasteiger partial charge in [-0.2, -0.15) is 0 Å². The van der Waals surface area contributed by atoms with Gasteiger partial charge >= 0.3 is 0 Å². The predicted molar refractivity (Wildman–Crippen MR) is 124 cm³/mol. The standard InChI is InChI=1S/C18H24ClN5O2S.HI/c1-2-21-18(22-11-9-15-5-7-16(19)8-6-15)23-12-13-24-27(25,26)17-4-3-10-20-14-17;/h3-8,10,14,24H,2,9,11-13H2,1H3,(H2,21,22,23);1H. The van der Waals surface area contributed by atoms with E-state index in [0.29, 0.717) is 25.6 Å². The summed E-state index contributed by atoms with van der Waals surface area (Å²) in [6.07, 6.45) is 3.67. The van der Waals surface area contributed by atoms with E-state index >= 15 is 0 Å². The van der Waals surface area contributed by atoms with Crippen molar-refractivity contribution in [2.24, 2.45) is 4.99 Å². The zero-order valence-corrected chi connectivity index (χ0v) is 19.5. The number of hydrogen-bond acceptors (Lipinski definition) is 4. The second kappa shape index (κ2) is 12.9. The highest BCUT2D eigenvalue weighted by Crippen LogP contribution is 2.09. The molecule has 1 aromatic carbocycles. The van der Waals surface area contributed by atoms with Crippen LogP contribution in [-0.4, -0.2) is 45.5 Å². The van der Waals surface area contributed by atoms with E-state index < -0.39 is 10.0 Å². The van der Waals surface area contributed by atoms with Gasteiger partial charge in [-0.25, -0.2) is 13.1 Å². The molecule has 154 valence electrons. The second-order valence-corrected chi connectivity index (χ2v) is 7.85. The van der Waals surface area contributed by atoms with Gasteiger partial charge in [-0.15, -0.1) is 24.0 Å². The molecular weight excluding hydrogens is 513 g/mol. The maximum atomic E-state index is 12.1. The Morgan fingerprint density at radius 3 is 2.54 bits per heavy atom. The topological polar surface area (TPSA) is 95.5 Å². The van der Waals surface area contributed by atoms with Gasteiger partial charge < -0.3 is 10.6 Å². The molecule has 1 heterocycles. The van der Waals surface area contributed by atoms with E-state index in [4.69, 9.17) is 11.6 Å². The highest BCUT2D eigenvalue weighted by molar-refractivity contribution is 14.0. The number of guanidine groups is 1. The maximum Gasteiger partial charge on any atom is 0.242 e. The molecule has 2 aromatic rings. The van der Waals surface area contributed by atoms with Gasteiger partial charge in [0.1, 0.15) is 4.90 Å². The van der Waals surface area contributed by atoms with Crippen LogP contribution in [0.25, 0.3) is 0 Å². The highest BCUT2D eigenvalue weighted by Gasteiger charge is 2.12. The van der Waals surface area contributed by atoms with Crippen LogP contribution >= 0.6 is 35.6 Å². The Balaban J connectivity index is 0.00000392. The van der Waals surface area contributed by atoms with Crippen LogP contribution in [0.5, 0.6) is 0 Å². The number of benzene rings is 1. The third kappa shape index (κ3) is 8.72. The smallest absolute Gasteiger partial charge is 0.242 e. The number of sulfonamides is 1. The summed E-state index contributed by atoms with van der Waals surface area (Å²) in [6.45, 7) is 3.91. The van der Waals surface area contributed by atoms with Crippen molar-refractivity contribution in [1.29, 1.82) is 0 Å². The van der Waals surface area contributed by atoms with E-state index in [-0.39, 0.29) is 35.4 Å². The summed E-state index contributed by atoms with van der Waals surface area (Å²) >= 11 is 5.88. The van der Waals surface area contributed by atoms with E-state index in [1.165, 1.54) is 24.0 Å². The van der Waals surface area contributed by atoms with Crippen LogP contribution in [0.15, 0.2) is 58.7 Å². The van der Waals surface area contributed by atoms with Gasteiger partial charge in [-0.05, 0) is 43.2 Å². The molecule has 0 unspecified atom stereocenters. The number of hydrogen-bond donors (Lipinski definition) is 3. The normalized spacial score (nSPS) is 11.6. The molecule has 0 amide bonds. The Kier molecular flexibility index (Phi) is 11.4. The zero-order valence-electron chi connectivity index (χ0n) is 15.6. The maximum absolute atomic E-state index is 12.1. The first-order valence-electron chi connectivity index (χ1n) is 8.67. The fraction of sp³-hybridized carbons (Fsp3) is 0.333. The number of aliphatic imine (C=N–C) groups is 1. The van der Waals surface area contributed by atoms with E-state index in [2.05, 4.69) is 25.3 Å². The van der Waals surface area contributed by atoms with Crippen molar-refractivity contribution < 1.29 is 8.42 Å². The molecule has 0 radical (unpaired) electrons. The number of nitrogens with one attached hydrogen (secondary N) is 3. The lowest BCUT2D eigenvalue weighted by Gasteiger charge is -2.11. The Morgan fingerprint density at radius 1 is 1.14 bits per heavy atom. The van der Waals surface area contributed by atoms with Crippen molar-refractivity contribution in [3.8, 4) is 0 Å². The van der Waals surface area contributed by atoms with Crippen LogP contribution in [0.4, 0.5) is 0 Å². The molecule has 28 heavy (non-hydrogen) atoms. The summed E-state index contributed by atoms with van der Waals surface area (Å²) in [4.78, 5) is 8.35. The van der Waals surface area contributed by atoms with Gasteiger partial charge in [0.2, 0.25) is 10.0 Å². The lowest BCUT2D eigenvalue weighted by molar-refractivity contribution is 0.581. The molecule has 0 saturated carbocycles. The first-order chi connectivity index (χ1) is 13.0. The van der Waals surface area contributed by atoms with Gasteiger partial charge in [-0.3, -0.25) is 9.98 Å². The van der Waals surface area contributed by atoms with Gasteiger partial charge in [-0.1, -0.05) is 23.7 Å². The minimum atomic E-state index is -3.56. The molecule has 0 spiro atoms. The summed E-state index contributed by atoms with van der Waals surface area (Å²) < 4.78 is 26.7. The third-order valence-electron chi connectivity index (χ3n) is 3.58. The van der Waals surface area contributed by atoms with Gasteiger partial charge in [0.15, 0.2) is 5.96 Å². The first-order valence-corrected chi connectivity index (χ1v) is 10.5. The monoisotopic (exact) mass is 537 g/mol. The minimum absolute atomic E-state index is 0. The largest absolute Gasteiger partial charge is 0.357 e. The van der Waals surface area contributed by atoms with Crippen molar-refractivity contribution >= 4 is 51.6 Å². The summed E-state index contributed by atoms with van der Waals surface area (Å²) in [5, 5.41) is 7.09. The van der Waals surface area contributed by atoms with Gasteiger partial charge in [0.05, 0.1) is 6.54 Å². The van der Waals surface area contributed by atoms with E-state index in [1.54, 1.807) is 6.07 Å². The quantitative estimate of drug-likeness (QED) is 0.198. The molecule has 2 rings (SSSR count). The molecule has 0 aliphatic carbocycles. The van der Waals surface area contributed by atoms with Crippen LogP contribution < -0.4 is 15.4 Å². The average molecular weight is 538 g/mol. The molecule has 0 atom stereocenters. The average Bonchev–Trinajstić information content (AvgIpc) is 2.67. The molecular formula is C18H25ClIN5O2S. The lowest BCUT2D eigenvalue weighted by Crippen LogP contribution is -2.39. The number of aromatic nitrogens is 1. The van der Waals surface area contributed by atoms with Gasteiger partial charge in [0.25, 0.3) is 0 Å². The van der Waals surface area contributed by atoms with Crippen LogP contribution in [0.2, 0.25) is 5.02 Å². The number of rotatable bonds is 9. The van der Waals surface area contributed by atoms with Crippen molar-refractivity contribution in [2.45, 2.75) is 18.2 Å². The predicted octanol–water partition coefficient (Wildman–Crippen LogP) is 2.43. The summed E-state index contributed by atoms with van der Waals surface area (Å²) in [7, 11) is -3.56. The summed E-state index contributed by atoms with van der Waals surface area (Å²) in [6, 6.07) is 10.8. The van der Waals surface area contributed by atoms with Crippen LogP contribution in [0, 0.1) is 0 Å². The third-order valence-corrected chi connectivity index (χ3v) is 5.28. The molecule has 0 bridgehead atoms. The molecule has 0 fully saturated rings. The number of pyridine rings is 1. The van der Waals surface area contributed by atoms with Crippen LogP contribution in [0.3, 0.4) is 0 Å². The Bertz CT molecular complexity index is 833. The van der Waals surface area contributed by atoms with E-state index in [0.717, 1.165) is 11.4 Å². The van der Waals surface area contributed by atoms with Crippen molar-refractivity contribution in [1.82, 2.24) is 20.3 Å². The second-order valence-electron chi connectivity index (χ2n) is 5.65. The molecule has 0 aliphatic heterocycles. The Morgan fingerprint density at radius 2 is 1.89 bits per heavy atom. The Hall–Kier alpha value is -1.43. The van der Waals surface area contributed by atoms with Crippen molar-refractivity contribution in [3.05, 3.63) is 59.4 Å². The number of halogens is 2. The number of nitrogens with zero attached hydrogens (tertiary/aromatic N) is 2. The lowest BCUT2D eigenvalue weighted by atomic mass is 10.1. The van der Waals surface area contributed by atoms with Crippen LogP contribution in [-0.2, 0) is 16.4 Å². The SMILES string of the molecule is CCNC(=NCCNS(=O)(=O)c1cccnc1)NCCc1ccc(Cl)cc1.I. The molecule has 1 aromatic heterocycles. The van der Waals surface area contributed by atoms with Crippen LogP contribution in [0.1, 0.15) is 12.5 Å². The fourth-order valence-corrected chi connectivity index (χ4v) is 3.37. The minimum Gasteiger partial charge on any atom is -0.357 e. The highest BCUT2D eigenvalue weighted by atomic mass is 127. The molecule has 7 nitrogen and oxygen atoms in total.